The maximum atomic E-state index is 12.8. The average molecular weight is 1210 g/mol. The van der Waals surface area contributed by atoms with Gasteiger partial charge < -0.3 is 16.0 Å². The Labute approximate surface area is 537 Å². The number of Topliss-reactive ketones (excluding diaryl/α,β-unsaturated/α-hetero) is 1. The van der Waals surface area contributed by atoms with E-state index in [1.807, 2.05) is 0 Å². The van der Waals surface area contributed by atoms with Crippen LogP contribution >= 0.6 is 0 Å². The minimum absolute atomic E-state index is 0.120. The molecule has 0 aromatic heterocycles. The topological polar surface area (TPSA) is 104 Å². The first-order valence-corrected chi connectivity index (χ1v) is 39.4. The van der Waals surface area contributed by atoms with Crippen LogP contribution in [0.1, 0.15) is 427 Å². The van der Waals surface area contributed by atoms with Gasteiger partial charge in [0.25, 0.3) is 0 Å². The van der Waals surface area contributed by atoms with Gasteiger partial charge in [0.05, 0.1) is 0 Å². The van der Waals surface area contributed by atoms with Gasteiger partial charge in [-0.2, -0.15) is 0 Å². The van der Waals surface area contributed by atoms with Gasteiger partial charge in [-0.25, -0.2) is 0 Å². The van der Waals surface area contributed by atoms with Crippen LogP contribution in [0.4, 0.5) is 0 Å². The van der Waals surface area contributed by atoms with E-state index in [1.165, 1.54) is 295 Å². The van der Waals surface area contributed by atoms with Gasteiger partial charge in [0.15, 0.2) is 0 Å². The van der Waals surface area contributed by atoms with Gasteiger partial charge >= 0.3 is 0 Å². The Balaban J connectivity index is 2.37. The highest BCUT2D eigenvalue weighted by Gasteiger charge is 2.36. The molecule has 4 unspecified atom stereocenters. The summed E-state index contributed by atoms with van der Waals surface area (Å²) < 4.78 is 0. The third-order valence-corrected chi connectivity index (χ3v) is 20.0. The van der Waals surface area contributed by atoms with Crippen LogP contribution in [0.3, 0.4) is 0 Å². The normalized spacial score (nSPS) is 16.1. The first kappa shape index (κ1) is 82.1. The molecular formula is C79H153N3O4. The molecule has 0 spiro atoms. The summed E-state index contributed by atoms with van der Waals surface area (Å²) in [6, 6.07) is 0. The molecule has 0 aliphatic heterocycles. The van der Waals surface area contributed by atoms with Crippen molar-refractivity contribution in [1.82, 2.24) is 16.0 Å². The molecule has 0 bridgehead atoms. The van der Waals surface area contributed by atoms with E-state index >= 15 is 0 Å². The second-order valence-corrected chi connectivity index (χ2v) is 29.3. The number of amides is 3. The number of carbonyl (C=O) groups excluding carboxylic acids is 4. The molecule has 4 atom stereocenters. The maximum absolute atomic E-state index is 12.8. The molecule has 1 aliphatic rings. The second kappa shape index (κ2) is 63.2. The Bertz CT molecular complexity index is 1370. The van der Waals surface area contributed by atoms with Gasteiger partial charge in [0, 0.05) is 51.7 Å². The van der Waals surface area contributed by atoms with Crippen LogP contribution in [0, 0.1) is 35.5 Å². The van der Waals surface area contributed by atoms with Crippen LogP contribution in [0.15, 0.2) is 0 Å². The lowest BCUT2D eigenvalue weighted by molar-refractivity contribution is -0.123. The standard InChI is InChI=1S/C79H153N3O4/c1-7-9-11-13-35-45-56-72-68-74(58-47-39-41-49-60-76(83)61-53-65-80-77(84)62-50-37-31-27-23-19-15-17-21-25-29-33-43-54-70(3)4)75(69-73(72)57-46-36-14-12-10-8-2)59-48-40-42-52-64-79(86)82-67-66-81-78(85)63-51-38-32-28-24-20-16-18-22-26-30-34-44-55-71(5)6/h70-75H,7-69H2,1-6H3,(H,80,84)(H,81,85)(H,82,86). The van der Waals surface area contributed by atoms with Crippen molar-refractivity contribution in [3.05, 3.63) is 0 Å². The van der Waals surface area contributed by atoms with Crippen molar-refractivity contribution in [3.8, 4) is 0 Å². The zero-order valence-corrected chi connectivity index (χ0v) is 59.1. The molecule has 1 fully saturated rings. The van der Waals surface area contributed by atoms with E-state index in [0.717, 1.165) is 93.3 Å². The molecule has 86 heavy (non-hydrogen) atoms. The van der Waals surface area contributed by atoms with E-state index < -0.39 is 0 Å². The Morgan fingerprint density at radius 1 is 0.267 bits per heavy atom. The summed E-state index contributed by atoms with van der Waals surface area (Å²) >= 11 is 0. The monoisotopic (exact) mass is 1210 g/mol. The van der Waals surface area contributed by atoms with Crippen molar-refractivity contribution >= 4 is 23.5 Å². The van der Waals surface area contributed by atoms with Crippen molar-refractivity contribution in [2.75, 3.05) is 19.6 Å². The molecule has 1 aliphatic carbocycles. The lowest BCUT2D eigenvalue weighted by atomic mass is 9.63. The zero-order chi connectivity index (χ0) is 62.4. The lowest BCUT2D eigenvalue weighted by Gasteiger charge is -2.42. The smallest absolute Gasteiger partial charge is 0.220 e. The van der Waals surface area contributed by atoms with Gasteiger partial charge in [0.1, 0.15) is 5.78 Å². The number of hydrogen-bond acceptors (Lipinski definition) is 4. The summed E-state index contributed by atoms with van der Waals surface area (Å²) in [6.45, 7) is 15.6. The van der Waals surface area contributed by atoms with E-state index in [0.29, 0.717) is 57.5 Å². The molecule has 3 amide bonds. The first-order valence-electron chi connectivity index (χ1n) is 39.4. The SMILES string of the molecule is CCCCCCCCC1CC(CCCCCCC(=O)CCCNC(=O)CCCCCCCCCCCCCCCC(C)C)C(CCCCCCC(=O)NCCNC(=O)CCCCCCCCCCCCCCCC(C)C)CC1CCCCCCCC. The molecule has 3 N–H and O–H groups in total. The summed E-state index contributed by atoms with van der Waals surface area (Å²) in [6.07, 6.45) is 75.4. The third-order valence-electron chi connectivity index (χ3n) is 20.0. The fourth-order valence-electron chi connectivity index (χ4n) is 14.3. The van der Waals surface area contributed by atoms with Gasteiger partial charge in [-0.3, -0.25) is 19.2 Å². The summed E-state index contributed by atoms with van der Waals surface area (Å²) in [5.41, 5.74) is 0. The van der Waals surface area contributed by atoms with Crippen LogP contribution in [-0.2, 0) is 19.2 Å². The molecule has 0 aromatic carbocycles. The highest BCUT2D eigenvalue weighted by atomic mass is 16.2. The van der Waals surface area contributed by atoms with E-state index in [2.05, 4.69) is 57.5 Å². The second-order valence-electron chi connectivity index (χ2n) is 29.3. The Hall–Kier alpha value is -1.92. The van der Waals surface area contributed by atoms with Crippen LogP contribution in [-0.4, -0.2) is 43.1 Å². The molecule has 0 radical (unpaired) electrons. The van der Waals surface area contributed by atoms with Crippen LogP contribution in [0.2, 0.25) is 0 Å². The summed E-state index contributed by atoms with van der Waals surface area (Å²) in [7, 11) is 0. The molecule has 7 heteroatoms. The fourth-order valence-corrected chi connectivity index (χ4v) is 14.3. The summed E-state index contributed by atoms with van der Waals surface area (Å²) in [5.74, 6) is 5.93. The predicted octanol–water partition coefficient (Wildman–Crippen LogP) is 24.1. The van der Waals surface area contributed by atoms with Crippen molar-refractivity contribution in [2.45, 2.75) is 427 Å². The highest BCUT2D eigenvalue weighted by Crippen LogP contribution is 2.46. The minimum atomic E-state index is 0.120. The largest absolute Gasteiger partial charge is 0.356 e. The molecule has 0 heterocycles. The Morgan fingerprint density at radius 2 is 0.488 bits per heavy atom. The average Bonchev–Trinajstić information content (AvgIpc) is 3.55. The molecule has 508 valence electrons. The highest BCUT2D eigenvalue weighted by molar-refractivity contribution is 5.79. The third kappa shape index (κ3) is 56.1. The lowest BCUT2D eigenvalue weighted by Crippen LogP contribution is -2.34. The van der Waals surface area contributed by atoms with Gasteiger partial charge in [-0.05, 0) is 80.5 Å². The van der Waals surface area contributed by atoms with Gasteiger partial charge in [0.2, 0.25) is 17.7 Å². The van der Waals surface area contributed by atoms with E-state index in [-0.39, 0.29) is 17.7 Å². The number of rotatable bonds is 67. The number of ketones is 1. The number of nitrogens with one attached hydrogen (secondary N) is 3. The molecule has 1 rings (SSSR count). The molecule has 1 saturated carbocycles. The first-order chi connectivity index (χ1) is 42.0. The van der Waals surface area contributed by atoms with Gasteiger partial charge in [-0.15, -0.1) is 0 Å². The Morgan fingerprint density at radius 3 is 0.767 bits per heavy atom. The molecule has 0 saturated heterocycles. The number of carbonyl (C=O) groups is 4. The van der Waals surface area contributed by atoms with E-state index in [9.17, 15) is 19.2 Å². The predicted molar refractivity (Wildman–Crippen MR) is 376 cm³/mol. The van der Waals surface area contributed by atoms with Crippen molar-refractivity contribution in [3.63, 3.8) is 0 Å². The number of unbranched alkanes of at least 4 members (excludes halogenated alkanes) is 40. The van der Waals surface area contributed by atoms with Crippen LogP contribution < -0.4 is 16.0 Å². The van der Waals surface area contributed by atoms with Crippen molar-refractivity contribution < 1.29 is 19.2 Å². The molecule has 0 aromatic rings. The van der Waals surface area contributed by atoms with Gasteiger partial charge in [-0.1, -0.05) is 350 Å². The van der Waals surface area contributed by atoms with E-state index in [4.69, 9.17) is 0 Å². The van der Waals surface area contributed by atoms with Crippen molar-refractivity contribution in [2.24, 2.45) is 35.5 Å². The van der Waals surface area contributed by atoms with Crippen LogP contribution in [0.5, 0.6) is 0 Å². The Kier molecular flexibility index (Phi) is 60.4. The fraction of sp³-hybridized carbons (Fsp3) is 0.949. The van der Waals surface area contributed by atoms with Crippen molar-refractivity contribution in [1.29, 1.82) is 0 Å². The summed E-state index contributed by atoms with van der Waals surface area (Å²) in [5, 5.41) is 9.18. The quantitative estimate of drug-likeness (QED) is 0.0528. The minimum Gasteiger partial charge on any atom is -0.356 e. The molecular weight excluding hydrogens is 1050 g/mol. The maximum Gasteiger partial charge on any atom is 0.220 e. The zero-order valence-electron chi connectivity index (χ0n) is 59.1. The van der Waals surface area contributed by atoms with E-state index in [1.54, 1.807) is 0 Å². The number of hydrogen-bond donors (Lipinski definition) is 3. The molecule has 7 nitrogen and oxygen atoms in total. The summed E-state index contributed by atoms with van der Waals surface area (Å²) in [4.78, 5) is 50.5. The van der Waals surface area contributed by atoms with Crippen LogP contribution in [0.25, 0.3) is 0 Å².